The highest BCUT2D eigenvalue weighted by Crippen LogP contribution is 2.19. The Morgan fingerprint density at radius 2 is 2.32 bits per heavy atom. The Labute approximate surface area is 113 Å². The minimum absolute atomic E-state index is 0.479. The quantitative estimate of drug-likeness (QED) is 0.845. The summed E-state index contributed by atoms with van der Waals surface area (Å²) >= 11 is 0. The molecular weight excluding hydrogens is 240 g/mol. The maximum absolute atomic E-state index is 11.0. The van der Waals surface area contributed by atoms with Gasteiger partial charge in [0.15, 0.2) is 0 Å². The Balaban J connectivity index is 2.12. The lowest BCUT2D eigenvalue weighted by molar-refractivity contribution is -0.139. The van der Waals surface area contributed by atoms with Crippen LogP contribution in [0.4, 0.5) is 5.69 Å². The van der Waals surface area contributed by atoms with Gasteiger partial charge in [0.25, 0.3) is 0 Å². The van der Waals surface area contributed by atoms with Crippen LogP contribution in [0.25, 0.3) is 0 Å². The number of likely N-dealkylation sites (N-methyl/N-ethyl adjacent to an activating group) is 1. The third kappa shape index (κ3) is 3.45. The van der Waals surface area contributed by atoms with Crippen LogP contribution in [0.5, 0.6) is 0 Å². The maximum Gasteiger partial charge on any atom is 0.321 e. The molecule has 1 aromatic carbocycles. The fourth-order valence-corrected chi connectivity index (χ4v) is 2.07. The van der Waals surface area contributed by atoms with Crippen LogP contribution in [0.15, 0.2) is 48.7 Å². The van der Waals surface area contributed by atoms with Gasteiger partial charge in [0, 0.05) is 18.4 Å². The van der Waals surface area contributed by atoms with Crippen LogP contribution in [-0.2, 0) is 11.2 Å². The van der Waals surface area contributed by atoms with Crippen molar-refractivity contribution in [2.45, 2.75) is 12.5 Å². The summed E-state index contributed by atoms with van der Waals surface area (Å²) in [5.74, 6) is -0.825. The number of hydrogen-bond acceptors (Lipinski definition) is 3. The van der Waals surface area contributed by atoms with Crippen LogP contribution in [0.1, 0.15) is 5.56 Å². The predicted molar refractivity (Wildman–Crippen MR) is 76.3 cm³/mol. The highest BCUT2D eigenvalue weighted by Gasteiger charge is 2.15. The average Bonchev–Trinajstić information content (AvgIpc) is 2.45. The summed E-state index contributed by atoms with van der Waals surface area (Å²) in [6, 6.07) is 7.44. The van der Waals surface area contributed by atoms with Crippen molar-refractivity contribution in [2.75, 3.05) is 18.5 Å². The van der Waals surface area contributed by atoms with Gasteiger partial charge < -0.3 is 15.3 Å². The second-order valence-corrected chi connectivity index (χ2v) is 4.48. The van der Waals surface area contributed by atoms with Gasteiger partial charge in [0.1, 0.15) is 6.04 Å². The number of aliphatic carboxylic acids is 1. The number of allylic oxidation sites excluding steroid dienone is 2. The fraction of sp³-hybridized carbons (Fsp3) is 0.267. The maximum atomic E-state index is 11.0. The highest BCUT2D eigenvalue weighted by atomic mass is 16.4. The Hall–Kier alpha value is -2.07. The molecule has 0 radical (unpaired) electrons. The van der Waals surface area contributed by atoms with Gasteiger partial charge in [-0.15, -0.1) is 0 Å². The second-order valence-electron chi connectivity index (χ2n) is 4.48. The van der Waals surface area contributed by atoms with Crippen molar-refractivity contribution in [1.29, 1.82) is 0 Å². The van der Waals surface area contributed by atoms with E-state index >= 15 is 0 Å². The molecule has 2 N–H and O–H groups in total. The Kier molecular flexibility index (Phi) is 4.36. The lowest BCUT2D eigenvalue weighted by Crippen LogP contribution is -2.35. The van der Waals surface area contributed by atoms with E-state index in [1.807, 2.05) is 42.6 Å². The molecule has 0 saturated carbocycles. The first-order valence-electron chi connectivity index (χ1n) is 6.29. The molecule has 4 nitrogen and oxygen atoms in total. The lowest BCUT2D eigenvalue weighted by atomic mass is 10.0. The number of rotatable bonds is 5. The minimum atomic E-state index is -0.825. The number of benzene rings is 1. The molecule has 1 heterocycles. The number of carbonyl (C=O) groups is 1. The van der Waals surface area contributed by atoms with Crippen molar-refractivity contribution in [3.63, 3.8) is 0 Å². The van der Waals surface area contributed by atoms with E-state index in [-0.39, 0.29) is 0 Å². The van der Waals surface area contributed by atoms with Gasteiger partial charge in [0.2, 0.25) is 0 Å². The van der Waals surface area contributed by atoms with E-state index in [9.17, 15) is 4.79 Å². The van der Waals surface area contributed by atoms with E-state index in [1.54, 1.807) is 7.05 Å². The van der Waals surface area contributed by atoms with Crippen molar-refractivity contribution < 1.29 is 9.90 Å². The summed E-state index contributed by atoms with van der Waals surface area (Å²) in [7, 11) is 1.67. The molecule has 1 aliphatic heterocycles. The van der Waals surface area contributed by atoms with Gasteiger partial charge in [-0.1, -0.05) is 24.3 Å². The van der Waals surface area contributed by atoms with Crippen LogP contribution in [0.2, 0.25) is 0 Å². The largest absolute Gasteiger partial charge is 0.480 e. The fourth-order valence-electron chi connectivity index (χ4n) is 2.07. The first-order valence-corrected chi connectivity index (χ1v) is 6.29. The van der Waals surface area contributed by atoms with Gasteiger partial charge in [0.05, 0.1) is 0 Å². The summed E-state index contributed by atoms with van der Waals surface area (Å²) in [6.07, 6.45) is 8.59. The zero-order valence-electron chi connectivity index (χ0n) is 10.9. The Morgan fingerprint density at radius 3 is 2.95 bits per heavy atom. The molecule has 0 spiro atoms. The van der Waals surface area contributed by atoms with Crippen LogP contribution in [-0.4, -0.2) is 30.7 Å². The molecule has 100 valence electrons. The van der Waals surface area contributed by atoms with Crippen molar-refractivity contribution in [2.24, 2.45) is 0 Å². The van der Waals surface area contributed by atoms with Crippen LogP contribution in [0, 0.1) is 0 Å². The van der Waals surface area contributed by atoms with Gasteiger partial charge in [-0.2, -0.15) is 0 Å². The number of carboxylic acid groups (broad SMARTS) is 1. The summed E-state index contributed by atoms with van der Waals surface area (Å²) in [5, 5.41) is 11.9. The van der Waals surface area contributed by atoms with E-state index in [1.165, 1.54) is 0 Å². The van der Waals surface area contributed by atoms with Gasteiger partial charge in [-0.05, 0) is 37.2 Å². The minimum Gasteiger partial charge on any atom is -0.480 e. The summed E-state index contributed by atoms with van der Waals surface area (Å²) in [6.45, 7) is 0.842. The van der Waals surface area contributed by atoms with Crippen molar-refractivity contribution >= 4 is 11.7 Å². The van der Waals surface area contributed by atoms with Crippen LogP contribution in [0.3, 0.4) is 0 Å². The Morgan fingerprint density at radius 1 is 1.47 bits per heavy atom. The summed E-state index contributed by atoms with van der Waals surface area (Å²) in [5.41, 5.74) is 2.10. The third-order valence-electron chi connectivity index (χ3n) is 3.14. The van der Waals surface area contributed by atoms with E-state index in [0.717, 1.165) is 17.8 Å². The summed E-state index contributed by atoms with van der Waals surface area (Å²) in [4.78, 5) is 13.2. The number of carboxylic acids is 1. The summed E-state index contributed by atoms with van der Waals surface area (Å²) < 4.78 is 0. The third-order valence-corrected chi connectivity index (χ3v) is 3.14. The van der Waals surface area contributed by atoms with E-state index in [2.05, 4.69) is 16.3 Å². The van der Waals surface area contributed by atoms with Crippen molar-refractivity contribution in [3.05, 3.63) is 54.3 Å². The van der Waals surface area contributed by atoms with E-state index in [0.29, 0.717) is 6.42 Å². The first kappa shape index (κ1) is 13.4. The topological polar surface area (TPSA) is 52.6 Å². The average molecular weight is 258 g/mol. The molecule has 0 bridgehead atoms. The van der Waals surface area contributed by atoms with Crippen molar-refractivity contribution in [1.82, 2.24) is 5.32 Å². The molecule has 0 fully saturated rings. The predicted octanol–water partition coefficient (Wildman–Crippen LogP) is 1.79. The molecule has 0 aromatic heterocycles. The SMILES string of the molecule is CNC(Cc1cccc(N2C=CC=CC2)c1)C(=O)O. The zero-order chi connectivity index (χ0) is 13.7. The zero-order valence-corrected chi connectivity index (χ0v) is 10.9. The number of nitrogens with zero attached hydrogens (tertiary/aromatic N) is 1. The molecule has 1 unspecified atom stereocenters. The molecule has 0 amide bonds. The number of anilines is 1. The number of hydrogen-bond donors (Lipinski definition) is 2. The van der Waals surface area contributed by atoms with E-state index in [4.69, 9.17) is 5.11 Å². The van der Waals surface area contributed by atoms with Gasteiger partial charge in [-0.3, -0.25) is 4.79 Å². The standard InChI is InChI=1S/C15H18N2O2/c1-16-14(15(18)19)11-12-6-5-7-13(10-12)17-8-3-2-4-9-17/h2-8,10,14,16H,9,11H2,1H3,(H,18,19). The van der Waals surface area contributed by atoms with Crippen molar-refractivity contribution in [3.8, 4) is 0 Å². The van der Waals surface area contributed by atoms with E-state index < -0.39 is 12.0 Å². The molecule has 4 heteroatoms. The lowest BCUT2D eigenvalue weighted by Gasteiger charge is -2.21. The molecule has 2 rings (SSSR count). The van der Waals surface area contributed by atoms with Crippen LogP contribution < -0.4 is 10.2 Å². The molecule has 0 saturated heterocycles. The highest BCUT2D eigenvalue weighted by molar-refractivity contribution is 5.74. The normalized spacial score (nSPS) is 15.5. The Bertz CT molecular complexity index is 509. The number of nitrogens with one attached hydrogen (secondary N) is 1. The molecular formula is C15H18N2O2. The molecule has 0 aliphatic carbocycles. The van der Waals surface area contributed by atoms with Gasteiger partial charge >= 0.3 is 5.97 Å². The molecule has 1 atom stereocenters. The van der Waals surface area contributed by atoms with Gasteiger partial charge in [-0.25, -0.2) is 0 Å². The smallest absolute Gasteiger partial charge is 0.321 e. The monoisotopic (exact) mass is 258 g/mol. The molecule has 19 heavy (non-hydrogen) atoms. The second kappa shape index (κ2) is 6.20. The first-order chi connectivity index (χ1) is 9.20. The van der Waals surface area contributed by atoms with Crippen LogP contribution >= 0.6 is 0 Å². The molecule has 1 aromatic rings. The molecule has 1 aliphatic rings.